The second kappa shape index (κ2) is 10.5. The maximum absolute atomic E-state index is 11.3. The molecule has 3 aromatic carbocycles. The number of carbonyl (C=O) groups excluding carboxylic acids is 1. The van der Waals surface area contributed by atoms with E-state index in [2.05, 4.69) is 17.4 Å². The first-order chi connectivity index (χ1) is 14.2. The van der Waals surface area contributed by atoms with Crippen molar-refractivity contribution in [1.29, 1.82) is 5.26 Å². The molecule has 0 heterocycles. The van der Waals surface area contributed by atoms with E-state index in [4.69, 9.17) is 14.7 Å². The van der Waals surface area contributed by atoms with Gasteiger partial charge in [0.15, 0.2) is 0 Å². The van der Waals surface area contributed by atoms with Crippen molar-refractivity contribution in [3.63, 3.8) is 0 Å². The Balaban J connectivity index is 1.39. The summed E-state index contributed by atoms with van der Waals surface area (Å²) in [6.45, 7) is 1.26. The number of hydrogen-bond acceptors (Lipinski definition) is 4. The summed E-state index contributed by atoms with van der Waals surface area (Å²) in [7, 11) is 0. The fraction of sp³-hybridized carbons (Fsp3) is 0.167. The van der Waals surface area contributed by atoms with Crippen molar-refractivity contribution >= 4 is 5.91 Å². The molecule has 5 heteroatoms. The van der Waals surface area contributed by atoms with Crippen LogP contribution in [0.15, 0.2) is 78.9 Å². The number of carbonyl (C=O) groups is 1. The molecule has 29 heavy (non-hydrogen) atoms. The lowest BCUT2D eigenvalue weighted by atomic mass is 10.1. The minimum atomic E-state index is -0.276. The van der Waals surface area contributed by atoms with Gasteiger partial charge >= 0.3 is 0 Å². The summed E-state index contributed by atoms with van der Waals surface area (Å²) in [4.78, 5) is 11.3. The number of hydrogen-bond donors (Lipinski definition) is 1. The van der Waals surface area contributed by atoms with Crippen LogP contribution in [0.4, 0.5) is 0 Å². The SMILES string of the molecule is N#CCC(=O)NCc1ccc(OCCOc2ccc(-c3ccccc3)cc2)cc1. The van der Waals surface area contributed by atoms with E-state index in [1.54, 1.807) is 0 Å². The van der Waals surface area contributed by atoms with Crippen molar-refractivity contribution in [2.45, 2.75) is 13.0 Å². The number of ether oxygens (including phenoxy) is 2. The zero-order valence-corrected chi connectivity index (χ0v) is 16.0. The van der Waals surface area contributed by atoms with Gasteiger partial charge in [-0.2, -0.15) is 5.26 Å². The average molecular weight is 386 g/mol. The van der Waals surface area contributed by atoms with Crippen LogP contribution in [0.5, 0.6) is 11.5 Å². The van der Waals surface area contributed by atoms with Crippen LogP contribution >= 0.6 is 0 Å². The highest BCUT2D eigenvalue weighted by Crippen LogP contribution is 2.22. The van der Waals surface area contributed by atoms with Crippen LogP contribution in [0.3, 0.4) is 0 Å². The highest BCUT2D eigenvalue weighted by molar-refractivity contribution is 5.77. The van der Waals surface area contributed by atoms with Crippen molar-refractivity contribution in [1.82, 2.24) is 5.32 Å². The van der Waals surface area contributed by atoms with Gasteiger partial charge in [-0.15, -0.1) is 0 Å². The Labute approximate surface area is 170 Å². The number of amides is 1. The molecule has 5 nitrogen and oxygen atoms in total. The number of nitriles is 1. The van der Waals surface area contributed by atoms with Crippen LogP contribution in [-0.4, -0.2) is 19.1 Å². The third-order valence-electron chi connectivity index (χ3n) is 4.23. The highest BCUT2D eigenvalue weighted by Gasteiger charge is 2.01. The van der Waals surface area contributed by atoms with E-state index in [1.807, 2.05) is 72.8 Å². The first-order valence-corrected chi connectivity index (χ1v) is 9.38. The van der Waals surface area contributed by atoms with Crippen molar-refractivity contribution < 1.29 is 14.3 Å². The number of benzene rings is 3. The first kappa shape index (κ1) is 20.0. The molecule has 3 aromatic rings. The third-order valence-corrected chi connectivity index (χ3v) is 4.23. The standard InChI is InChI=1S/C24H22N2O3/c25-15-14-24(27)26-18-19-6-10-22(11-7-19)28-16-17-29-23-12-8-21(9-13-23)20-4-2-1-3-5-20/h1-13H,14,16-18H2,(H,26,27). The van der Waals surface area contributed by atoms with Crippen LogP contribution in [0.2, 0.25) is 0 Å². The molecule has 146 valence electrons. The molecule has 0 atom stereocenters. The lowest BCUT2D eigenvalue weighted by Gasteiger charge is -2.10. The summed E-state index contributed by atoms with van der Waals surface area (Å²) in [5.41, 5.74) is 3.27. The van der Waals surface area contributed by atoms with Gasteiger partial charge in [0, 0.05) is 6.54 Å². The maximum Gasteiger partial charge on any atom is 0.234 e. The van der Waals surface area contributed by atoms with Crippen molar-refractivity contribution in [2.75, 3.05) is 13.2 Å². The van der Waals surface area contributed by atoms with Gasteiger partial charge in [0.2, 0.25) is 5.91 Å². The molecule has 0 fully saturated rings. The summed E-state index contributed by atoms with van der Waals surface area (Å²) in [5, 5.41) is 11.1. The predicted molar refractivity (Wildman–Crippen MR) is 111 cm³/mol. The molecule has 0 aromatic heterocycles. The normalized spacial score (nSPS) is 10.0. The molecular weight excluding hydrogens is 364 g/mol. The van der Waals surface area contributed by atoms with Gasteiger partial charge in [0.05, 0.1) is 6.07 Å². The molecular formula is C24H22N2O3. The van der Waals surface area contributed by atoms with E-state index in [0.717, 1.165) is 22.6 Å². The Morgan fingerprint density at radius 3 is 1.93 bits per heavy atom. The summed E-state index contributed by atoms with van der Waals surface area (Å²) in [5.74, 6) is 1.26. The topological polar surface area (TPSA) is 71.4 Å². The largest absolute Gasteiger partial charge is 0.490 e. The average Bonchev–Trinajstić information content (AvgIpc) is 2.77. The minimum absolute atomic E-state index is 0.129. The number of nitrogens with zero attached hydrogens (tertiary/aromatic N) is 1. The zero-order chi connectivity index (χ0) is 20.3. The van der Waals surface area contributed by atoms with E-state index < -0.39 is 0 Å². The van der Waals surface area contributed by atoms with Gasteiger partial charge < -0.3 is 14.8 Å². The molecule has 0 saturated carbocycles. The van der Waals surface area contributed by atoms with Crippen molar-refractivity contribution in [3.05, 3.63) is 84.4 Å². The second-order valence-electron chi connectivity index (χ2n) is 6.34. The van der Waals surface area contributed by atoms with Crippen LogP contribution in [-0.2, 0) is 11.3 Å². The Morgan fingerprint density at radius 2 is 1.34 bits per heavy atom. The summed E-state index contributed by atoms with van der Waals surface area (Å²) in [6.07, 6.45) is -0.129. The molecule has 1 N–H and O–H groups in total. The molecule has 0 unspecified atom stereocenters. The molecule has 0 radical (unpaired) electrons. The van der Waals surface area contributed by atoms with E-state index in [1.165, 1.54) is 5.56 Å². The van der Waals surface area contributed by atoms with Crippen LogP contribution in [0.1, 0.15) is 12.0 Å². The summed E-state index contributed by atoms with van der Waals surface area (Å²) < 4.78 is 11.4. The first-order valence-electron chi connectivity index (χ1n) is 9.38. The quantitative estimate of drug-likeness (QED) is 0.555. The molecule has 0 spiro atoms. The fourth-order valence-electron chi connectivity index (χ4n) is 2.73. The molecule has 0 aliphatic heterocycles. The van der Waals surface area contributed by atoms with E-state index >= 15 is 0 Å². The summed E-state index contributed by atoms with van der Waals surface area (Å²) in [6, 6.07) is 27.5. The van der Waals surface area contributed by atoms with Crippen LogP contribution < -0.4 is 14.8 Å². The van der Waals surface area contributed by atoms with Gasteiger partial charge in [0.25, 0.3) is 0 Å². The smallest absolute Gasteiger partial charge is 0.234 e. The second-order valence-corrected chi connectivity index (χ2v) is 6.34. The Hall–Kier alpha value is -3.78. The lowest BCUT2D eigenvalue weighted by Crippen LogP contribution is -2.21. The van der Waals surface area contributed by atoms with E-state index in [-0.39, 0.29) is 12.3 Å². The van der Waals surface area contributed by atoms with Gasteiger partial charge in [-0.1, -0.05) is 54.6 Å². The predicted octanol–water partition coefficient (Wildman–Crippen LogP) is 4.34. The molecule has 0 bridgehead atoms. The number of rotatable bonds is 9. The Bertz CT molecular complexity index is 946. The molecule has 3 rings (SSSR count). The zero-order valence-electron chi connectivity index (χ0n) is 16.0. The lowest BCUT2D eigenvalue weighted by molar-refractivity contribution is -0.120. The van der Waals surface area contributed by atoms with Crippen molar-refractivity contribution in [2.24, 2.45) is 0 Å². The molecule has 0 aliphatic rings. The van der Waals surface area contributed by atoms with Gasteiger partial charge in [-0.05, 0) is 41.0 Å². The summed E-state index contributed by atoms with van der Waals surface area (Å²) >= 11 is 0. The maximum atomic E-state index is 11.3. The third kappa shape index (κ3) is 6.40. The van der Waals surface area contributed by atoms with Gasteiger partial charge in [-0.3, -0.25) is 4.79 Å². The molecule has 0 saturated heterocycles. The molecule has 1 amide bonds. The van der Waals surface area contributed by atoms with Gasteiger partial charge in [0.1, 0.15) is 31.1 Å². The van der Waals surface area contributed by atoms with E-state index in [9.17, 15) is 4.79 Å². The van der Waals surface area contributed by atoms with Crippen LogP contribution in [0, 0.1) is 11.3 Å². The highest BCUT2D eigenvalue weighted by atomic mass is 16.5. The number of nitrogens with one attached hydrogen (secondary N) is 1. The Kier molecular flexibility index (Phi) is 7.25. The van der Waals surface area contributed by atoms with Crippen LogP contribution in [0.25, 0.3) is 11.1 Å². The monoisotopic (exact) mass is 386 g/mol. The van der Waals surface area contributed by atoms with Gasteiger partial charge in [-0.25, -0.2) is 0 Å². The molecule has 0 aliphatic carbocycles. The Morgan fingerprint density at radius 1 is 0.793 bits per heavy atom. The van der Waals surface area contributed by atoms with Crippen molar-refractivity contribution in [3.8, 4) is 28.7 Å². The fourth-order valence-corrected chi connectivity index (χ4v) is 2.73. The minimum Gasteiger partial charge on any atom is -0.490 e. The van der Waals surface area contributed by atoms with E-state index in [0.29, 0.717) is 19.8 Å².